The minimum atomic E-state index is -0.0270. The summed E-state index contributed by atoms with van der Waals surface area (Å²) in [6, 6.07) is 8.76. The maximum atomic E-state index is 13.8. The van der Waals surface area contributed by atoms with Crippen LogP contribution in [0.2, 0.25) is 0 Å². The highest BCUT2D eigenvalue weighted by Crippen LogP contribution is 2.43. The number of nitrogens with one attached hydrogen (secondary N) is 1. The molecule has 0 unspecified atom stereocenters. The first kappa shape index (κ1) is 23.5. The van der Waals surface area contributed by atoms with Crippen molar-refractivity contribution < 1.29 is 0 Å². The minimum Gasteiger partial charge on any atom is -0.339 e. The molecular formula is C29H29N9O. The van der Waals surface area contributed by atoms with Crippen molar-refractivity contribution in [3.05, 3.63) is 53.5 Å². The van der Waals surface area contributed by atoms with Gasteiger partial charge in [0, 0.05) is 56.3 Å². The summed E-state index contributed by atoms with van der Waals surface area (Å²) in [5, 5.41) is 20.0. The lowest BCUT2D eigenvalue weighted by Gasteiger charge is -2.28. The summed E-state index contributed by atoms with van der Waals surface area (Å²) in [5.41, 5.74) is 7.37. The van der Waals surface area contributed by atoms with Gasteiger partial charge < -0.3 is 4.98 Å². The van der Waals surface area contributed by atoms with Gasteiger partial charge in [-0.05, 0) is 49.3 Å². The second-order valence-electron chi connectivity index (χ2n) is 10.8. The molecule has 0 aliphatic heterocycles. The maximum absolute atomic E-state index is 13.8. The molecule has 0 saturated heterocycles. The molecule has 0 bridgehead atoms. The van der Waals surface area contributed by atoms with E-state index in [1.54, 1.807) is 15.4 Å². The number of nitrogens with zero attached hydrogens (tertiary/aromatic N) is 8. The molecule has 1 aliphatic rings. The van der Waals surface area contributed by atoms with Gasteiger partial charge in [-0.3, -0.25) is 18.5 Å². The average Bonchev–Trinajstić information content (AvgIpc) is 3.69. The first-order valence-corrected chi connectivity index (χ1v) is 13.3. The average molecular weight is 520 g/mol. The Labute approximate surface area is 224 Å². The molecule has 0 atom stereocenters. The molecule has 5 heterocycles. The van der Waals surface area contributed by atoms with Crippen molar-refractivity contribution in [1.29, 1.82) is 5.26 Å². The highest BCUT2D eigenvalue weighted by molar-refractivity contribution is 6.14. The second-order valence-corrected chi connectivity index (χ2v) is 10.8. The molecule has 10 heteroatoms. The van der Waals surface area contributed by atoms with E-state index in [1.165, 1.54) is 0 Å². The zero-order chi connectivity index (χ0) is 26.8. The van der Waals surface area contributed by atoms with Crippen molar-refractivity contribution in [2.75, 3.05) is 0 Å². The fourth-order valence-electron chi connectivity index (χ4n) is 6.43. The van der Waals surface area contributed by atoms with Crippen LogP contribution < -0.4 is 5.69 Å². The molecule has 5 aromatic heterocycles. The van der Waals surface area contributed by atoms with Gasteiger partial charge in [0.1, 0.15) is 5.65 Å². The third-order valence-electron chi connectivity index (χ3n) is 8.46. The molecular weight excluding hydrogens is 490 g/mol. The van der Waals surface area contributed by atoms with Crippen LogP contribution in [0.5, 0.6) is 0 Å². The van der Waals surface area contributed by atoms with E-state index >= 15 is 0 Å². The number of pyridine rings is 1. The maximum Gasteiger partial charge on any atom is 0.329 e. The highest BCUT2D eigenvalue weighted by atomic mass is 16.1. The number of aromatic amines is 1. The normalized spacial score (nSPS) is 17.9. The Hall–Kier alpha value is -4.65. The van der Waals surface area contributed by atoms with Crippen LogP contribution in [0, 0.1) is 17.2 Å². The Balaban J connectivity index is 1.53. The number of rotatable bonds is 4. The van der Waals surface area contributed by atoms with E-state index in [1.807, 2.05) is 49.0 Å². The quantitative estimate of drug-likeness (QED) is 0.359. The molecule has 1 fully saturated rings. The van der Waals surface area contributed by atoms with Crippen molar-refractivity contribution in [2.24, 2.45) is 27.1 Å². The van der Waals surface area contributed by atoms with Crippen molar-refractivity contribution in [2.45, 2.75) is 38.1 Å². The molecule has 196 valence electrons. The van der Waals surface area contributed by atoms with E-state index in [-0.39, 0.29) is 11.7 Å². The lowest BCUT2D eigenvalue weighted by molar-refractivity contribution is 0.277. The van der Waals surface area contributed by atoms with E-state index in [0.717, 1.165) is 81.0 Å². The molecule has 1 aliphatic carbocycles. The number of nitriles is 1. The number of hydrogen-bond donors (Lipinski definition) is 1. The molecule has 39 heavy (non-hydrogen) atoms. The van der Waals surface area contributed by atoms with Gasteiger partial charge in [0.2, 0.25) is 0 Å². The minimum absolute atomic E-state index is 0.0270. The molecule has 0 amide bonds. The van der Waals surface area contributed by atoms with Crippen molar-refractivity contribution in [3.8, 4) is 28.5 Å². The Kier molecular flexibility index (Phi) is 5.23. The van der Waals surface area contributed by atoms with Crippen LogP contribution in [0.15, 0.2) is 47.8 Å². The number of H-pyrrole nitrogens is 1. The number of benzene rings is 1. The number of aromatic nitrogens is 8. The van der Waals surface area contributed by atoms with Crippen molar-refractivity contribution in [3.63, 3.8) is 0 Å². The molecule has 1 saturated carbocycles. The van der Waals surface area contributed by atoms with E-state index in [2.05, 4.69) is 39.4 Å². The van der Waals surface area contributed by atoms with E-state index in [0.29, 0.717) is 12.3 Å². The van der Waals surface area contributed by atoms with Crippen molar-refractivity contribution in [1.82, 2.24) is 38.7 Å². The van der Waals surface area contributed by atoms with Crippen LogP contribution in [0.3, 0.4) is 0 Å². The van der Waals surface area contributed by atoms with Gasteiger partial charge in [-0.2, -0.15) is 15.5 Å². The summed E-state index contributed by atoms with van der Waals surface area (Å²) in [6.07, 6.45) is 11.8. The zero-order valence-electron chi connectivity index (χ0n) is 22.2. The molecule has 7 rings (SSSR count). The van der Waals surface area contributed by atoms with E-state index < -0.39 is 0 Å². The third-order valence-corrected chi connectivity index (χ3v) is 8.46. The first-order chi connectivity index (χ1) is 18.9. The summed E-state index contributed by atoms with van der Waals surface area (Å²) < 4.78 is 7.37. The zero-order valence-corrected chi connectivity index (χ0v) is 22.2. The van der Waals surface area contributed by atoms with E-state index in [4.69, 9.17) is 4.98 Å². The highest BCUT2D eigenvalue weighted by Gasteiger charge is 2.29. The Morgan fingerprint density at radius 2 is 1.85 bits per heavy atom. The Morgan fingerprint density at radius 1 is 1.03 bits per heavy atom. The van der Waals surface area contributed by atoms with Gasteiger partial charge in [0.25, 0.3) is 0 Å². The van der Waals surface area contributed by atoms with Crippen LogP contribution in [0.1, 0.15) is 38.1 Å². The smallest absolute Gasteiger partial charge is 0.329 e. The summed E-state index contributed by atoms with van der Waals surface area (Å²) in [5.74, 6) is 0.407. The van der Waals surface area contributed by atoms with Crippen LogP contribution in [0.4, 0.5) is 0 Å². The monoisotopic (exact) mass is 519 g/mol. The number of aryl methyl sites for hydroxylation is 3. The van der Waals surface area contributed by atoms with Gasteiger partial charge in [-0.25, -0.2) is 9.78 Å². The topological polar surface area (TPSA) is 115 Å². The molecule has 0 radical (unpaired) electrons. The largest absolute Gasteiger partial charge is 0.339 e. The SMILES string of the molecule is Cn1cc(-c2[nH]c3ncc4c(c3c2-c2ccc3c(cnn3C)c2)n(C2CCC(CC#N)CC2)c(=O)n4C)cn1. The lowest BCUT2D eigenvalue weighted by atomic mass is 9.84. The summed E-state index contributed by atoms with van der Waals surface area (Å²) in [6.45, 7) is 0. The summed E-state index contributed by atoms with van der Waals surface area (Å²) >= 11 is 0. The van der Waals surface area contributed by atoms with Gasteiger partial charge >= 0.3 is 5.69 Å². The van der Waals surface area contributed by atoms with Crippen LogP contribution in [0.25, 0.3) is 55.4 Å². The fourth-order valence-corrected chi connectivity index (χ4v) is 6.43. The third kappa shape index (κ3) is 3.53. The summed E-state index contributed by atoms with van der Waals surface area (Å²) in [7, 11) is 5.67. The van der Waals surface area contributed by atoms with Crippen LogP contribution in [-0.4, -0.2) is 38.7 Å². The molecule has 6 aromatic rings. The van der Waals surface area contributed by atoms with Gasteiger partial charge in [0.15, 0.2) is 0 Å². The molecule has 1 aromatic carbocycles. The first-order valence-electron chi connectivity index (χ1n) is 13.3. The van der Waals surface area contributed by atoms with Crippen LogP contribution >= 0.6 is 0 Å². The van der Waals surface area contributed by atoms with Gasteiger partial charge in [0.05, 0.1) is 52.3 Å². The predicted octanol–water partition coefficient (Wildman–Crippen LogP) is 4.82. The van der Waals surface area contributed by atoms with Crippen LogP contribution in [-0.2, 0) is 21.1 Å². The number of imidazole rings is 1. The van der Waals surface area contributed by atoms with Gasteiger partial charge in [-0.1, -0.05) is 6.07 Å². The predicted molar refractivity (Wildman–Crippen MR) is 150 cm³/mol. The van der Waals surface area contributed by atoms with Crippen molar-refractivity contribution >= 4 is 33.0 Å². The van der Waals surface area contributed by atoms with Gasteiger partial charge in [-0.15, -0.1) is 0 Å². The molecule has 1 N–H and O–H groups in total. The Morgan fingerprint density at radius 3 is 2.59 bits per heavy atom. The second kappa shape index (κ2) is 8.70. The lowest BCUT2D eigenvalue weighted by Crippen LogP contribution is -2.28. The summed E-state index contributed by atoms with van der Waals surface area (Å²) in [4.78, 5) is 22.1. The standard InChI is InChI=1S/C29H29N9O/c1-35-16-20(14-32-35)26-24(18-6-9-22-19(12-18)13-33-37(22)3)25-27-23(15-31-28(25)34-26)36(2)29(39)38(27)21-7-4-17(5-8-21)10-11-30/h6,9,12-17,21H,4-5,7-8,10H2,1-3H3,(H,31,34). The number of hydrogen-bond acceptors (Lipinski definition) is 5. The fraction of sp³-hybridized carbons (Fsp3) is 0.345. The van der Waals surface area contributed by atoms with E-state index in [9.17, 15) is 10.1 Å². The Bertz CT molecular complexity index is 1980. The number of fused-ring (bicyclic) bond motifs is 4. The molecule has 10 nitrogen and oxygen atoms in total. The molecule has 0 spiro atoms.